The zero-order valence-corrected chi connectivity index (χ0v) is 12.7. The molecule has 0 spiro atoms. The maximum absolute atomic E-state index is 5.97. The van der Waals surface area contributed by atoms with E-state index in [1.807, 2.05) is 24.3 Å². The first-order valence-corrected chi connectivity index (χ1v) is 7.31. The third kappa shape index (κ3) is 4.20. The Kier molecular flexibility index (Phi) is 5.58. The third-order valence-corrected chi connectivity index (χ3v) is 3.49. The molecule has 2 aromatic rings. The van der Waals surface area contributed by atoms with E-state index in [2.05, 4.69) is 29.4 Å². The summed E-state index contributed by atoms with van der Waals surface area (Å²) >= 11 is 0. The number of hydrogen-bond acceptors (Lipinski definition) is 4. The number of pyridine rings is 1. The van der Waals surface area contributed by atoms with Gasteiger partial charge in [0.1, 0.15) is 11.6 Å². The van der Waals surface area contributed by atoms with E-state index in [4.69, 9.17) is 10.5 Å². The average Bonchev–Trinajstić information content (AvgIpc) is 2.53. The largest absolute Gasteiger partial charge is 0.497 e. The van der Waals surface area contributed by atoms with Crippen LogP contribution in [0.3, 0.4) is 0 Å². The molecule has 1 aromatic carbocycles. The molecule has 112 valence electrons. The fourth-order valence-corrected chi connectivity index (χ4v) is 2.33. The number of rotatable bonds is 7. The summed E-state index contributed by atoms with van der Waals surface area (Å²) in [6.07, 6.45) is 3.62. The fraction of sp³-hybridized carbons (Fsp3) is 0.353. The second-order valence-corrected chi connectivity index (χ2v) is 5.04. The number of nitrogens with zero attached hydrogens (tertiary/aromatic N) is 1. The van der Waals surface area contributed by atoms with Crippen LogP contribution in [0.5, 0.6) is 5.75 Å². The second-order valence-electron chi connectivity index (χ2n) is 5.04. The van der Waals surface area contributed by atoms with Crippen LogP contribution in [-0.4, -0.2) is 18.6 Å². The summed E-state index contributed by atoms with van der Waals surface area (Å²) in [5.74, 6) is 1.47. The van der Waals surface area contributed by atoms with Gasteiger partial charge in [-0.15, -0.1) is 0 Å². The molecule has 1 unspecified atom stereocenters. The summed E-state index contributed by atoms with van der Waals surface area (Å²) in [6, 6.07) is 12.3. The molecule has 1 aromatic heterocycles. The van der Waals surface area contributed by atoms with Gasteiger partial charge in [0.25, 0.3) is 0 Å². The molecule has 0 aliphatic heterocycles. The number of nitrogens with two attached hydrogens (primary N) is 1. The highest BCUT2D eigenvalue weighted by Gasteiger charge is 2.14. The molecule has 2 rings (SSSR count). The highest BCUT2D eigenvalue weighted by atomic mass is 16.5. The van der Waals surface area contributed by atoms with E-state index in [1.165, 1.54) is 5.56 Å². The predicted octanol–water partition coefficient (Wildman–Crippen LogP) is 2.96. The molecule has 0 aliphatic carbocycles. The van der Waals surface area contributed by atoms with Gasteiger partial charge in [-0.05, 0) is 48.7 Å². The van der Waals surface area contributed by atoms with Gasteiger partial charge in [-0.3, -0.25) is 0 Å². The quantitative estimate of drug-likeness (QED) is 0.821. The first-order valence-electron chi connectivity index (χ1n) is 7.31. The molecule has 0 radical (unpaired) electrons. The molecule has 0 fully saturated rings. The van der Waals surface area contributed by atoms with Gasteiger partial charge in [-0.25, -0.2) is 4.98 Å². The van der Waals surface area contributed by atoms with E-state index in [0.717, 1.165) is 30.7 Å². The Balaban J connectivity index is 2.23. The van der Waals surface area contributed by atoms with E-state index < -0.39 is 0 Å². The lowest BCUT2D eigenvalue weighted by Crippen LogP contribution is -2.24. The molecule has 4 nitrogen and oxygen atoms in total. The summed E-state index contributed by atoms with van der Waals surface area (Å²) in [5.41, 5.74) is 8.23. The molecule has 1 atom stereocenters. The minimum absolute atomic E-state index is 0.201. The van der Waals surface area contributed by atoms with Crippen LogP contribution >= 0.6 is 0 Å². The monoisotopic (exact) mass is 285 g/mol. The van der Waals surface area contributed by atoms with Gasteiger partial charge in [0.15, 0.2) is 0 Å². The Morgan fingerprint density at radius 3 is 2.86 bits per heavy atom. The number of anilines is 1. The Hall–Kier alpha value is -2.07. The van der Waals surface area contributed by atoms with Crippen molar-refractivity contribution in [2.24, 2.45) is 0 Å². The summed E-state index contributed by atoms with van der Waals surface area (Å²) < 4.78 is 5.32. The Morgan fingerprint density at radius 1 is 1.29 bits per heavy atom. The van der Waals surface area contributed by atoms with Gasteiger partial charge in [0.05, 0.1) is 7.11 Å². The number of aromatic nitrogens is 1. The van der Waals surface area contributed by atoms with Crippen molar-refractivity contribution in [1.82, 2.24) is 10.3 Å². The SMILES string of the molecule is CCCNC(Cc1cccnc1N)c1cccc(OC)c1. The summed E-state index contributed by atoms with van der Waals surface area (Å²) in [5, 5.41) is 3.57. The molecule has 0 saturated heterocycles. The van der Waals surface area contributed by atoms with Gasteiger partial charge in [-0.1, -0.05) is 25.1 Å². The predicted molar refractivity (Wildman–Crippen MR) is 86.4 cm³/mol. The molecular weight excluding hydrogens is 262 g/mol. The molecule has 21 heavy (non-hydrogen) atoms. The first-order chi connectivity index (χ1) is 10.2. The van der Waals surface area contributed by atoms with Crippen molar-refractivity contribution >= 4 is 5.82 Å². The van der Waals surface area contributed by atoms with Crippen LogP contribution in [0.25, 0.3) is 0 Å². The summed E-state index contributed by atoms with van der Waals surface area (Å²) in [6.45, 7) is 3.12. The molecule has 0 amide bonds. The van der Waals surface area contributed by atoms with Crippen molar-refractivity contribution in [3.8, 4) is 5.75 Å². The molecule has 0 aliphatic rings. The summed E-state index contributed by atoms with van der Waals surface area (Å²) in [4.78, 5) is 4.17. The average molecular weight is 285 g/mol. The smallest absolute Gasteiger partial charge is 0.126 e. The van der Waals surface area contributed by atoms with Crippen LogP contribution in [0, 0.1) is 0 Å². The second kappa shape index (κ2) is 7.64. The number of benzene rings is 1. The van der Waals surface area contributed by atoms with Crippen LogP contribution in [0.15, 0.2) is 42.6 Å². The van der Waals surface area contributed by atoms with E-state index in [9.17, 15) is 0 Å². The maximum atomic E-state index is 5.97. The van der Waals surface area contributed by atoms with Gasteiger partial charge in [0.2, 0.25) is 0 Å². The number of nitrogen functional groups attached to an aromatic ring is 1. The minimum atomic E-state index is 0.201. The van der Waals surface area contributed by atoms with Gasteiger partial charge in [0, 0.05) is 12.2 Å². The number of hydrogen-bond donors (Lipinski definition) is 2. The Labute approximate surface area is 126 Å². The Bertz CT molecular complexity index is 571. The molecule has 0 bridgehead atoms. The molecule has 0 saturated carbocycles. The van der Waals surface area contributed by atoms with Crippen LogP contribution in [0.4, 0.5) is 5.82 Å². The van der Waals surface area contributed by atoms with Gasteiger partial charge < -0.3 is 15.8 Å². The normalized spacial score (nSPS) is 12.1. The van der Waals surface area contributed by atoms with Crippen molar-refractivity contribution in [1.29, 1.82) is 0 Å². The zero-order chi connectivity index (χ0) is 15.1. The minimum Gasteiger partial charge on any atom is -0.497 e. The van der Waals surface area contributed by atoms with Crippen LogP contribution in [0.2, 0.25) is 0 Å². The lowest BCUT2D eigenvalue weighted by atomic mass is 9.99. The number of ether oxygens (including phenoxy) is 1. The molecule has 4 heteroatoms. The molecule has 3 N–H and O–H groups in total. The van der Waals surface area contributed by atoms with Crippen molar-refractivity contribution < 1.29 is 4.74 Å². The zero-order valence-electron chi connectivity index (χ0n) is 12.7. The van der Waals surface area contributed by atoms with Crippen molar-refractivity contribution in [2.45, 2.75) is 25.8 Å². The van der Waals surface area contributed by atoms with E-state index in [1.54, 1.807) is 13.3 Å². The van der Waals surface area contributed by atoms with Gasteiger partial charge >= 0.3 is 0 Å². The van der Waals surface area contributed by atoms with E-state index >= 15 is 0 Å². The van der Waals surface area contributed by atoms with Crippen molar-refractivity contribution in [3.63, 3.8) is 0 Å². The van der Waals surface area contributed by atoms with Crippen LogP contribution < -0.4 is 15.8 Å². The summed E-state index contributed by atoms with van der Waals surface area (Å²) in [7, 11) is 1.69. The highest BCUT2D eigenvalue weighted by Crippen LogP contribution is 2.24. The Morgan fingerprint density at radius 2 is 2.14 bits per heavy atom. The highest BCUT2D eigenvalue weighted by molar-refractivity contribution is 5.40. The third-order valence-electron chi connectivity index (χ3n) is 3.49. The number of methoxy groups -OCH3 is 1. The number of nitrogens with one attached hydrogen (secondary N) is 1. The van der Waals surface area contributed by atoms with E-state index in [-0.39, 0.29) is 6.04 Å². The standard InChI is InChI=1S/C17H23N3O/c1-3-9-19-16(12-14-7-5-10-20-17(14)18)13-6-4-8-15(11-13)21-2/h4-8,10-11,16,19H,3,9,12H2,1-2H3,(H2,18,20). The van der Waals surface area contributed by atoms with E-state index in [0.29, 0.717) is 5.82 Å². The van der Waals surface area contributed by atoms with Crippen LogP contribution in [-0.2, 0) is 6.42 Å². The van der Waals surface area contributed by atoms with Crippen LogP contribution in [0.1, 0.15) is 30.5 Å². The van der Waals surface area contributed by atoms with Crippen molar-refractivity contribution in [2.75, 3.05) is 19.4 Å². The van der Waals surface area contributed by atoms with Crippen molar-refractivity contribution in [3.05, 3.63) is 53.7 Å². The fourth-order valence-electron chi connectivity index (χ4n) is 2.33. The molecule has 1 heterocycles. The lowest BCUT2D eigenvalue weighted by Gasteiger charge is -2.20. The first kappa shape index (κ1) is 15.3. The maximum Gasteiger partial charge on any atom is 0.126 e. The lowest BCUT2D eigenvalue weighted by molar-refractivity contribution is 0.412. The molecular formula is C17H23N3O. The van der Waals surface area contributed by atoms with Gasteiger partial charge in [-0.2, -0.15) is 0 Å². The topological polar surface area (TPSA) is 60.2 Å².